The molecule has 4 aromatic rings. The van der Waals surface area contributed by atoms with Gasteiger partial charge < -0.3 is 14.5 Å². The molecule has 0 aliphatic carbocycles. The van der Waals surface area contributed by atoms with Crippen LogP contribution in [0.25, 0.3) is 22.6 Å². The number of nitrogens with zero attached hydrogens (tertiary/aromatic N) is 1. The Morgan fingerprint density at radius 2 is 1.93 bits per heavy atom. The minimum Gasteiger partial charge on any atom is -0.497 e. The van der Waals surface area contributed by atoms with Crippen LogP contribution in [0.1, 0.15) is 10.4 Å². The zero-order valence-electron chi connectivity index (χ0n) is 15.8. The molecule has 30 heavy (non-hydrogen) atoms. The average Bonchev–Trinajstić information content (AvgIpc) is 3.17. The largest absolute Gasteiger partial charge is 0.497 e. The van der Waals surface area contributed by atoms with Gasteiger partial charge in [0, 0.05) is 15.7 Å². The third-order valence-corrected chi connectivity index (χ3v) is 5.20. The first kappa shape index (κ1) is 20.1. The molecule has 6 nitrogen and oxygen atoms in total. The average molecular weight is 482 g/mol. The fraction of sp³-hybridized carbons (Fsp3) is 0.0455. The highest BCUT2D eigenvalue weighted by molar-refractivity contribution is 9.10. The van der Waals surface area contributed by atoms with E-state index in [9.17, 15) is 4.79 Å². The van der Waals surface area contributed by atoms with Crippen molar-refractivity contribution in [1.82, 2.24) is 10.3 Å². The number of amides is 1. The number of anilines is 1. The standard InChI is InChI=1S/C22H16BrN3O3S/c1-28-15-6-4-5-13(11-15)20(27)26-22(30)24-14-9-10-19-18(12-14)25-21(29-19)16-7-2-3-8-17(16)23/h2-12H,1H3,(H2,24,26,27,30). The van der Waals surface area contributed by atoms with Gasteiger partial charge in [-0.05, 0) is 76.7 Å². The Hall–Kier alpha value is -3.23. The maximum Gasteiger partial charge on any atom is 0.257 e. The highest BCUT2D eigenvalue weighted by Gasteiger charge is 2.13. The van der Waals surface area contributed by atoms with E-state index in [1.54, 1.807) is 43.5 Å². The lowest BCUT2D eigenvalue weighted by molar-refractivity contribution is 0.0977. The molecular weight excluding hydrogens is 466 g/mol. The lowest BCUT2D eigenvalue weighted by Gasteiger charge is -2.10. The van der Waals surface area contributed by atoms with Gasteiger partial charge in [0.1, 0.15) is 11.3 Å². The van der Waals surface area contributed by atoms with Gasteiger partial charge in [0.25, 0.3) is 5.91 Å². The predicted octanol–water partition coefficient (Wildman–Crippen LogP) is 5.39. The second-order valence-corrected chi connectivity index (χ2v) is 7.58. The van der Waals surface area contributed by atoms with Crippen LogP contribution in [0, 0.1) is 0 Å². The molecule has 0 saturated carbocycles. The molecule has 2 N–H and O–H groups in total. The second kappa shape index (κ2) is 8.64. The Morgan fingerprint density at radius 3 is 2.73 bits per heavy atom. The van der Waals surface area contributed by atoms with Gasteiger partial charge in [-0.15, -0.1) is 0 Å². The monoisotopic (exact) mass is 481 g/mol. The number of rotatable bonds is 4. The number of thiocarbonyl (C=S) groups is 1. The van der Waals surface area contributed by atoms with Crippen LogP contribution < -0.4 is 15.4 Å². The lowest BCUT2D eigenvalue weighted by atomic mass is 10.2. The van der Waals surface area contributed by atoms with Crippen molar-refractivity contribution in [2.45, 2.75) is 0 Å². The molecule has 150 valence electrons. The number of fused-ring (bicyclic) bond motifs is 1. The van der Waals surface area contributed by atoms with Crippen LogP contribution in [0.5, 0.6) is 5.75 Å². The van der Waals surface area contributed by atoms with Gasteiger partial charge in [-0.25, -0.2) is 4.98 Å². The number of ether oxygens (including phenoxy) is 1. The summed E-state index contributed by atoms with van der Waals surface area (Å²) in [7, 11) is 1.55. The molecule has 0 bridgehead atoms. The topological polar surface area (TPSA) is 76.4 Å². The number of hydrogen-bond donors (Lipinski definition) is 2. The number of halogens is 1. The summed E-state index contributed by atoms with van der Waals surface area (Å²) in [5.74, 6) is 0.785. The summed E-state index contributed by atoms with van der Waals surface area (Å²) < 4.78 is 11.9. The Bertz CT molecular complexity index is 1260. The van der Waals surface area contributed by atoms with Crippen LogP contribution in [-0.4, -0.2) is 23.1 Å². The first-order chi connectivity index (χ1) is 14.5. The Kier molecular flexibility index (Phi) is 5.78. The number of carbonyl (C=O) groups is 1. The van der Waals surface area contributed by atoms with Crippen LogP contribution in [0.4, 0.5) is 5.69 Å². The van der Waals surface area contributed by atoms with Crippen LogP contribution in [0.3, 0.4) is 0 Å². The molecule has 1 amide bonds. The molecule has 0 unspecified atom stereocenters. The summed E-state index contributed by atoms with van der Waals surface area (Å²) in [6, 6.07) is 20.0. The highest BCUT2D eigenvalue weighted by atomic mass is 79.9. The first-order valence-electron chi connectivity index (χ1n) is 8.95. The van der Waals surface area contributed by atoms with Crippen molar-refractivity contribution >= 4 is 56.0 Å². The van der Waals surface area contributed by atoms with Gasteiger partial charge in [-0.3, -0.25) is 10.1 Å². The van der Waals surface area contributed by atoms with E-state index in [1.165, 1.54) is 0 Å². The van der Waals surface area contributed by atoms with Crippen molar-refractivity contribution in [2.24, 2.45) is 0 Å². The number of oxazole rings is 1. The van der Waals surface area contributed by atoms with Crippen LogP contribution in [-0.2, 0) is 0 Å². The summed E-state index contributed by atoms with van der Waals surface area (Å²) in [5.41, 5.74) is 3.32. The third kappa shape index (κ3) is 4.34. The summed E-state index contributed by atoms with van der Waals surface area (Å²) in [6.45, 7) is 0. The van der Waals surface area contributed by atoms with Gasteiger partial charge in [0.15, 0.2) is 10.7 Å². The predicted molar refractivity (Wildman–Crippen MR) is 124 cm³/mol. The van der Waals surface area contributed by atoms with E-state index in [4.69, 9.17) is 21.4 Å². The second-order valence-electron chi connectivity index (χ2n) is 6.32. The molecule has 4 rings (SSSR count). The molecule has 0 aliphatic rings. The van der Waals surface area contributed by atoms with Gasteiger partial charge in [-0.2, -0.15) is 0 Å². The SMILES string of the molecule is COc1cccc(C(=O)NC(=S)Nc2ccc3oc(-c4ccccc4Br)nc3c2)c1. The Morgan fingerprint density at radius 1 is 1.10 bits per heavy atom. The molecule has 0 radical (unpaired) electrons. The molecule has 0 fully saturated rings. The van der Waals surface area contributed by atoms with Crippen molar-refractivity contribution in [1.29, 1.82) is 0 Å². The first-order valence-corrected chi connectivity index (χ1v) is 10.2. The summed E-state index contributed by atoms with van der Waals surface area (Å²) in [6.07, 6.45) is 0. The van der Waals surface area contributed by atoms with E-state index < -0.39 is 0 Å². The van der Waals surface area contributed by atoms with E-state index in [-0.39, 0.29) is 11.0 Å². The minimum atomic E-state index is -0.329. The molecular formula is C22H16BrN3O3S. The van der Waals surface area contributed by atoms with Crippen molar-refractivity contribution < 1.29 is 13.9 Å². The van der Waals surface area contributed by atoms with Gasteiger partial charge >= 0.3 is 0 Å². The van der Waals surface area contributed by atoms with Crippen molar-refractivity contribution in [3.05, 3.63) is 76.8 Å². The van der Waals surface area contributed by atoms with E-state index in [0.29, 0.717) is 34.0 Å². The maximum absolute atomic E-state index is 12.4. The number of hydrogen-bond acceptors (Lipinski definition) is 5. The Balaban J connectivity index is 1.49. The number of nitrogens with one attached hydrogen (secondary N) is 2. The van der Waals surface area contributed by atoms with Crippen LogP contribution in [0.2, 0.25) is 0 Å². The molecule has 0 atom stereocenters. The van der Waals surface area contributed by atoms with E-state index in [2.05, 4.69) is 31.5 Å². The fourth-order valence-electron chi connectivity index (χ4n) is 2.86. The number of aromatic nitrogens is 1. The molecule has 3 aromatic carbocycles. The van der Waals surface area contributed by atoms with E-state index in [0.717, 1.165) is 10.0 Å². The molecule has 1 heterocycles. The third-order valence-electron chi connectivity index (χ3n) is 4.31. The summed E-state index contributed by atoms with van der Waals surface area (Å²) in [4.78, 5) is 17.0. The Labute approximate surface area is 186 Å². The van der Waals surface area contributed by atoms with Crippen LogP contribution in [0.15, 0.2) is 75.6 Å². The van der Waals surface area contributed by atoms with Crippen molar-refractivity contribution in [3.8, 4) is 17.2 Å². The van der Waals surface area contributed by atoms with Gasteiger partial charge in [0.05, 0.1) is 12.7 Å². The maximum atomic E-state index is 12.4. The summed E-state index contributed by atoms with van der Waals surface area (Å²) >= 11 is 8.78. The fourth-order valence-corrected chi connectivity index (χ4v) is 3.52. The molecule has 0 aliphatic heterocycles. The zero-order chi connectivity index (χ0) is 21.1. The molecule has 1 aromatic heterocycles. The highest BCUT2D eigenvalue weighted by Crippen LogP contribution is 2.30. The number of methoxy groups -OCH3 is 1. The van der Waals surface area contributed by atoms with Crippen molar-refractivity contribution in [2.75, 3.05) is 12.4 Å². The molecule has 0 spiro atoms. The number of carbonyl (C=O) groups excluding carboxylic acids is 1. The number of benzene rings is 3. The quantitative estimate of drug-likeness (QED) is 0.380. The van der Waals surface area contributed by atoms with Crippen molar-refractivity contribution in [3.63, 3.8) is 0 Å². The van der Waals surface area contributed by atoms with Gasteiger partial charge in [-0.1, -0.05) is 18.2 Å². The van der Waals surface area contributed by atoms with Crippen LogP contribution >= 0.6 is 28.1 Å². The van der Waals surface area contributed by atoms with E-state index in [1.807, 2.05) is 30.3 Å². The zero-order valence-corrected chi connectivity index (χ0v) is 18.2. The molecule has 0 saturated heterocycles. The van der Waals surface area contributed by atoms with E-state index >= 15 is 0 Å². The smallest absolute Gasteiger partial charge is 0.257 e. The van der Waals surface area contributed by atoms with Gasteiger partial charge in [0.2, 0.25) is 5.89 Å². The minimum absolute atomic E-state index is 0.177. The summed E-state index contributed by atoms with van der Waals surface area (Å²) in [5, 5.41) is 5.84. The molecule has 8 heteroatoms. The lowest BCUT2D eigenvalue weighted by Crippen LogP contribution is -2.34. The normalized spacial score (nSPS) is 10.6.